The second kappa shape index (κ2) is 8.51. The standard InChI is InChI=1S/C15H20N4O2.ClH/c1-11(8-16)9-17-14(20)6-7-19-10-18-13-5-3-2-4-12(13)15(19)21;/h2-5,10-11H,6-9,16H2,1H3,(H,17,20);1H. The molecule has 1 atom stereocenters. The molecule has 1 unspecified atom stereocenters. The number of aromatic nitrogens is 2. The average Bonchev–Trinajstić information content (AvgIpc) is 2.52. The number of carbonyl (C=O) groups is 1. The van der Waals surface area contributed by atoms with Gasteiger partial charge in [0.1, 0.15) is 0 Å². The number of rotatable bonds is 6. The number of benzene rings is 1. The van der Waals surface area contributed by atoms with Gasteiger partial charge in [0.05, 0.1) is 17.2 Å². The largest absolute Gasteiger partial charge is 0.356 e. The third-order valence-electron chi connectivity index (χ3n) is 3.36. The van der Waals surface area contributed by atoms with Crippen molar-refractivity contribution in [3.63, 3.8) is 0 Å². The van der Waals surface area contributed by atoms with Crippen LogP contribution in [0.25, 0.3) is 10.9 Å². The maximum Gasteiger partial charge on any atom is 0.261 e. The van der Waals surface area contributed by atoms with Crippen LogP contribution in [-0.4, -0.2) is 28.5 Å². The predicted octanol–water partition coefficient (Wildman–Crippen LogP) is 0.919. The van der Waals surface area contributed by atoms with Crippen molar-refractivity contribution in [3.8, 4) is 0 Å². The van der Waals surface area contributed by atoms with Gasteiger partial charge in [0.2, 0.25) is 5.91 Å². The van der Waals surface area contributed by atoms with Crippen LogP contribution in [0, 0.1) is 5.92 Å². The van der Waals surface area contributed by atoms with Gasteiger partial charge >= 0.3 is 0 Å². The molecule has 0 fully saturated rings. The number of carbonyl (C=O) groups excluding carboxylic acids is 1. The Labute approximate surface area is 135 Å². The normalized spacial score (nSPS) is 11.7. The van der Waals surface area contributed by atoms with Gasteiger partial charge in [0.15, 0.2) is 0 Å². The number of para-hydroxylation sites is 1. The van der Waals surface area contributed by atoms with Crippen LogP contribution in [0.2, 0.25) is 0 Å². The first-order valence-electron chi connectivity index (χ1n) is 7.02. The molecule has 1 amide bonds. The zero-order valence-electron chi connectivity index (χ0n) is 12.5. The van der Waals surface area contributed by atoms with Crippen molar-refractivity contribution in [2.75, 3.05) is 13.1 Å². The van der Waals surface area contributed by atoms with E-state index in [1.54, 1.807) is 18.2 Å². The molecule has 0 saturated heterocycles. The van der Waals surface area contributed by atoms with E-state index in [0.29, 0.717) is 30.5 Å². The maximum atomic E-state index is 12.2. The van der Waals surface area contributed by atoms with Gasteiger partial charge in [-0.1, -0.05) is 19.1 Å². The highest BCUT2D eigenvalue weighted by molar-refractivity contribution is 5.85. The molecule has 1 aromatic carbocycles. The van der Waals surface area contributed by atoms with E-state index in [2.05, 4.69) is 10.3 Å². The summed E-state index contributed by atoms with van der Waals surface area (Å²) in [4.78, 5) is 28.2. The lowest BCUT2D eigenvalue weighted by atomic mass is 10.2. The summed E-state index contributed by atoms with van der Waals surface area (Å²) < 4.78 is 1.47. The van der Waals surface area contributed by atoms with Crippen LogP contribution in [0.1, 0.15) is 13.3 Å². The zero-order valence-corrected chi connectivity index (χ0v) is 13.3. The monoisotopic (exact) mass is 324 g/mol. The summed E-state index contributed by atoms with van der Waals surface area (Å²) >= 11 is 0. The van der Waals surface area contributed by atoms with Crippen LogP contribution in [0.4, 0.5) is 0 Å². The molecule has 7 heteroatoms. The first-order chi connectivity index (χ1) is 10.1. The Morgan fingerprint density at radius 2 is 2.14 bits per heavy atom. The number of amides is 1. The van der Waals surface area contributed by atoms with E-state index in [-0.39, 0.29) is 36.2 Å². The molecule has 120 valence electrons. The molecule has 0 aliphatic heterocycles. The van der Waals surface area contributed by atoms with Crippen LogP contribution in [-0.2, 0) is 11.3 Å². The number of aryl methyl sites for hydroxylation is 1. The number of hydrogen-bond donors (Lipinski definition) is 2. The molecule has 1 heterocycles. The highest BCUT2D eigenvalue weighted by Crippen LogP contribution is 2.04. The second-order valence-electron chi connectivity index (χ2n) is 5.16. The molecule has 2 rings (SSSR count). The number of hydrogen-bond acceptors (Lipinski definition) is 4. The lowest BCUT2D eigenvalue weighted by molar-refractivity contribution is -0.121. The predicted molar refractivity (Wildman–Crippen MR) is 89.1 cm³/mol. The van der Waals surface area contributed by atoms with Crippen molar-refractivity contribution >= 4 is 29.2 Å². The van der Waals surface area contributed by atoms with Crippen LogP contribution in [0.15, 0.2) is 35.4 Å². The Balaban J connectivity index is 0.00000242. The molecule has 6 nitrogen and oxygen atoms in total. The molecular weight excluding hydrogens is 304 g/mol. The zero-order chi connectivity index (χ0) is 15.2. The van der Waals surface area contributed by atoms with Crippen molar-refractivity contribution in [1.82, 2.24) is 14.9 Å². The molecule has 0 aliphatic rings. The number of fused-ring (bicyclic) bond motifs is 1. The van der Waals surface area contributed by atoms with Crippen molar-refractivity contribution < 1.29 is 4.79 Å². The molecule has 0 radical (unpaired) electrons. The first-order valence-corrected chi connectivity index (χ1v) is 7.02. The molecule has 0 saturated carbocycles. The van der Waals surface area contributed by atoms with E-state index >= 15 is 0 Å². The van der Waals surface area contributed by atoms with Gasteiger partial charge in [-0.15, -0.1) is 12.4 Å². The van der Waals surface area contributed by atoms with Gasteiger partial charge in [-0.25, -0.2) is 4.98 Å². The van der Waals surface area contributed by atoms with Crippen molar-refractivity contribution in [2.45, 2.75) is 19.9 Å². The molecule has 3 N–H and O–H groups in total. The quantitative estimate of drug-likeness (QED) is 0.826. The van der Waals surface area contributed by atoms with E-state index < -0.39 is 0 Å². The van der Waals surface area contributed by atoms with Crippen LogP contribution < -0.4 is 16.6 Å². The fraction of sp³-hybridized carbons (Fsp3) is 0.400. The molecule has 0 bridgehead atoms. The minimum atomic E-state index is -0.122. The summed E-state index contributed by atoms with van der Waals surface area (Å²) in [5, 5.41) is 3.37. The van der Waals surface area contributed by atoms with E-state index in [9.17, 15) is 9.59 Å². The summed E-state index contributed by atoms with van der Waals surface area (Å²) in [6, 6.07) is 7.17. The number of nitrogens with one attached hydrogen (secondary N) is 1. The Morgan fingerprint density at radius 1 is 1.41 bits per heavy atom. The minimum absolute atomic E-state index is 0. The summed E-state index contributed by atoms with van der Waals surface area (Å²) in [6.07, 6.45) is 1.73. The first kappa shape index (κ1) is 18.1. The van der Waals surface area contributed by atoms with Crippen molar-refractivity contribution in [3.05, 3.63) is 40.9 Å². The van der Waals surface area contributed by atoms with Gasteiger partial charge in [-0.05, 0) is 24.6 Å². The van der Waals surface area contributed by atoms with Crippen LogP contribution >= 0.6 is 12.4 Å². The fourth-order valence-corrected chi connectivity index (χ4v) is 1.95. The Bertz CT molecular complexity index is 687. The third kappa shape index (κ3) is 4.54. The molecule has 22 heavy (non-hydrogen) atoms. The lowest BCUT2D eigenvalue weighted by Crippen LogP contribution is -2.32. The number of nitrogens with two attached hydrogens (primary N) is 1. The number of halogens is 1. The second-order valence-corrected chi connectivity index (χ2v) is 5.16. The minimum Gasteiger partial charge on any atom is -0.356 e. The summed E-state index contributed by atoms with van der Waals surface area (Å²) in [5.74, 6) is 0.161. The summed E-state index contributed by atoms with van der Waals surface area (Å²) in [7, 11) is 0. The highest BCUT2D eigenvalue weighted by Gasteiger charge is 2.07. The van der Waals surface area contributed by atoms with Crippen LogP contribution in [0.5, 0.6) is 0 Å². The van der Waals surface area contributed by atoms with E-state index in [1.165, 1.54) is 10.9 Å². The smallest absolute Gasteiger partial charge is 0.261 e. The maximum absolute atomic E-state index is 12.2. The SMILES string of the molecule is CC(CN)CNC(=O)CCn1cnc2ccccc2c1=O.Cl. The molecule has 2 aromatic rings. The van der Waals surface area contributed by atoms with Crippen LogP contribution in [0.3, 0.4) is 0 Å². The van der Waals surface area contributed by atoms with Gasteiger partial charge < -0.3 is 11.1 Å². The van der Waals surface area contributed by atoms with Gasteiger partial charge in [-0.2, -0.15) is 0 Å². The fourth-order valence-electron chi connectivity index (χ4n) is 1.95. The van der Waals surface area contributed by atoms with Crippen molar-refractivity contribution in [2.24, 2.45) is 11.7 Å². The molecule has 1 aromatic heterocycles. The molecular formula is C15H21ClN4O2. The Morgan fingerprint density at radius 3 is 2.86 bits per heavy atom. The lowest BCUT2D eigenvalue weighted by Gasteiger charge is -2.10. The van der Waals surface area contributed by atoms with Gasteiger partial charge in [0.25, 0.3) is 5.56 Å². The third-order valence-corrected chi connectivity index (χ3v) is 3.36. The topological polar surface area (TPSA) is 90.0 Å². The Kier molecular flexibility index (Phi) is 7.01. The van der Waals surface area contributed by atoms with E-state index in [0.717, 1.165) is 0 Å². The highest BCUT2D eigenvalue weighted by atomic mass is 35.5. The average molecular weight is 325 g/mol. The van der Waals surface area contributed by atoms with Gasteiger partial charge in [-0.3, -0.25) is 14.2 Å². The Hall–Kier alpha value is -1.92. The van der Waals surface area contributed by atoms with Crippen molar-refractivity contribution in [1.29, 1.82) is 0 Å². The molecule has 0 spiro atoms. The summed E-state index contributed by atoms with van der Waals surface area (Å²) in [5.41, 5.74) is 6.04. The van der Waals surface area contributed by atoms with E-state index in [4.69, 9.17) is 5.73 Å². The number of nitrogens with zero attached hydrogens (tertiary/aromatic N) is 2. The van der Waals surface area contributed by atoms with Gasteiger partial charge in [0, 0.05) is 19.5 Å². The molecule has 0 aliphatic carbocycles. The summed E-state index contributed by atoms with van der Waals surface area (Å²) in [6.45, 7) is 3.38. The van der Waals surface area contributed by atoms with E-state index in [1.807, 2.05) is 13.0 Å².